The molecule has 0 saturated heterocycles. The Bertz CT molecular complexity index is 677. The Labute approximate surface area is 132 Å². The molecule has 0 spiro atoms. The van der Waals surface area contributed by atoms with Crippen molar-refractivity contribution in [3.63, 3.8) is 0 Å². The first kappa shape index (κ1) is 14.3. The summed E-state index contributed by atoms with van der Waals surface area (Å²) in [4.78, 5) is 18.8. The molecule has 1 heterocycles. The lowest BCUT2D eigenvalue weighted by Gasteiger charge is -2.22. The van der Waals surface area contributed by atoms with Gasteiger partial charge in [-0.25, -0.2) is 4.98 Å². The number of amides is 1. The summed E-state index contributed by atoms with van der Waals surface area (Å²) >= 11 is 3.54. The molecule has 1 amide bonds. The first-order valence-electron chi connectivity index (χ1n) is 7.04. The number of hydrogen-bond acceptors (Lipinski definition) is 3. The summed E-state index contributed by atoms with van der Waals surface area (Å²) in [5.74, 6) is 0.838. The smallest absolute Gasteiger partial charge is 0.292 e. The van der Waals surface area contributed by atoms with Crippen molar-refractivity contribution in [2.75, 3.05) is 0 Å². The van der Waals surface area contributed by atoms with Crippen molar-refractivity contribution in [2.45, 2.75) is 39.3 Å². The van der Waals surface area contributed by atoms with Gasteiger partial charge in [-0.3, -0.25) is 4.79 Å². The van der Waals surface area contributed by atoms with Crippen LogP contribution in [0.5, 0.6) is 0 Å². The summed E-state index contributed by atoms with van der Waals surface area (Å²) in [6.45, 7) is 4.16. The molecule has 1 aliphatic rings. The molecule has 1 aliphatic carbocycles. The highest BCUT2D eigenvalue weighted by Gasteiger charge is 2.35. The number of benzene rings is 1. The molecule has 3 rings (SSSR count). The molecular weight excluding hydrogens is 332 g/mol. The van der Waals surface area contributed by atoms with E-state index in [2.05, 4.69) is 20.9 Å². The van der Waals surface area contributed by atoms with Crippen LogP contribution in [0.15, 0.2) is 33.2 Å². The molecule has 0 N–H and O–H groups in total. The Morgan fingerprint density at radius 3 is 2.67 bits per heavy atom. The fraction of sp³-hybridized carbons (Fsp3) is 0.375. The van der Waals surface area contributed by atoms with E-state index in [0.29, 0.717) is 29.9 Å². The van der Waals surface area contributed by atoms with E-state index in [1.807, 2.05) is 36.1 Å². The Hall–Kier alpha value is -1.62. The monoisotopic (exact) mass is 348 g/mol. The maximum Gasteiger partial charge on any atom is 0.292 e. The maximum absolute atomic E-state index is 12.8. The highest BCUT2D eigenvalue weighted by Crippen LogP contribution is 2.31. The van der Waals surface area contributed by atoms with Crippen LogP contribution >= 0.6 is 15.9 Å². The van der Waals surface area contributed by atoms with Gasteiger partial charge in [0.2, 0.25) is 5.76 Å². The number of hydrogen-bond donors (Lipinski definition) is 0. The number of carbonyl (C=O) groups excluding carboxylic acids is 1. The molecule has 0 bridgehead atoms. The van der Waals surface area contributed by atoms with Crippen LogP contribution in [0.4, 0.5) is 0 Å². The standard InChI is InChI=1S/C16H17BrN2O2/c1-10-15(21-11(2)18-10)16(20)19(13-7-8-13)9-12-5-3-4-6-14(12)17/h3-6,13H,7-9H2,1-2H3. The van der Waals surface area contributed by atoms with Gasteiger partial charge in [0, 0.05) is 24.0 Å². The lowest BCUT2D eigenvalue weighted by Crippen LogP contribution is -2.32. The van der Waals surface area contributed by atoms with Crippen molar-refractivity contribution in [1.29, 1.82) is 0 Å². The third-order valence-electron chi connectivity index (χ3n) is 3.64. The lowest BCUT2D eigenvalue weighted by molar-refractivity contribution is 0.0694. The summed E-state index contributed by atoms with van der Waals surface area (Å²) in [5, 5.41) is 0. The predicted octanol–water partition coefficient (Wildman–Crippen LogP) is 3.86. The van der Waals surface area contributed by atoms with Crippen LogP contribution < -0.4 is 0 Å². The molecule has 0 atom stereocenters. The second-order valence-electron chi connectivity index (χ2n) is 5.40. The molecule has 0 unspecified atom stereocenters. The van der Waals surface area contributed by atoms with Crippen molar-refractivity contribution in [3.05, 3.63) is 51.6 Å². The average molecular weight is 349 g/mol. The van der Waals surface area contributed by atoms with Gasteiger partial charge < -0.3 is 9.32 Å². The van der Waals surface area contributed by atoms with Crippen molar-refractivity contribution < 1.29 is 9.21 Å². The topological polar surface area (TPSA) is 46.3 Å². The average Bonchev–Trinajstić information content (AvgIpc) is 3.22. The Balaban J connectivity index is 1.87. The quantitative estimate of drug-likeness (QED) is 0.842. The molecule has 0 radical (unpaired) electrons. The number of nitrogens with zero attached hydrogens (tertiary/aromatic N) is 2. The molecule has 1 fully saturated rings. The normalized spacial score (nSPS) is 14.2. The van der Waals surface area contributed by atoms with E-state index in [-0.39, 0.29) is 5.91 Å². The molecule has 0 aliphatic heterocycles. The van der Waals surface area contributed by atoms with Crippen molar-refractivity contribution >= 4 is 21.8 Å². The second-order valence-corrected chi connectivity index (χ2v) is 6.26. The maximum atomic E-state index is 12.8. The summed E-state index contributed by atoms with van der Waals surface area (Å²) in [7, 11) is 0. The van der Waals surface area contributed by atoms with Gasteiger partial charge in [-0.1, -0.05) is 34.1 Å². The number of halogens is 1. The van der Waals surface area contributed by atoms with Gasteiger partial charge in [0.25, 0.3) is 5.91 Å². The van der Waals surface area contributed by atoms with Gasteiger partial charge in [-0.2, -0.15) is 0 Å². The molecule has 2 aromatic rings. The number of aromatic nitrogens is 1. The summed E-state index contributed by atoms with van der Waals surface area (Å²) in [5.41, 5.74) is 1.77. The number of rotatable bonds is 4. The van der Waals surface area contributed by atoms with E-state index in [4.69, 9.17) is 4.42 Å². The molecule has 1 saturated carbocycles. The highest BCUT2D eigenvalue weighted by molar-refractivity contribution is 9.10. The molecule has 21 heavy (non-hydrogen) atoms. The predicted molar refractivity (Wildman–Crippen MR) is 83.0 cm³/mol. The van der Waals surface area contributed by atoms with Crippen molar-refractivity contribution in [1.82, 2.24) is 9.88 Å². The molecule has 1 aromatic carbocycles. The zero-order valence-electron chi connectivity index (χ0n) is 12.1. The minimum Gasteiger partial charge on any atom is -0.436 e. The van der Waals surface area contributed by atoms with Gasteiger partial charge in [0.1, 0.15) is 0 Å². The molecule has 110 valence electrons. The van der Waals surface area contributed by atoms with Crippen LogP contribution in [0, 0.1) is 13.8 Å². The van der Waals surface area contributed by atoms with Gasteiger partial charge in [-0.15, -0.1) is 0 Å². The van der Waals surface area contributed by atoms with E-state index in [9.17, 15) is 4.79 Å². The number of carbonyl (C=O) groups is 1. The molecular formula is C16H17BrN2O2. The summed E-state index contributed by atoms with van der Waals surface area (Å²) < 4.78 is 6.51. The fourth-order valence-corrected chi connectivity index (χ4v) is 2.83. The number of aryl methyl sites for hydroxylation is 2. The Kier molecular flexibility index (Phi) is 3.85. The molecule has 4 nitrogen and oxygen atoms in total. The first-order valence-corrected chi connectivity index (χ1v) is 7.84. The van der Waals surface area contributed by atoms with E-state index in [1.54, 1.807) is 6.92 Å². The van der Waals surface area contributed by atoms with Gasteiger partial charge >= 0.3 is 0 Å². The van der Waals surface area contributed by atoms with E-state index in [1.165, 1.54) is 0 Å². The second kappa shape index (κ2) is 5.64. The molecule has 1 aromatic heterocycles. The van der Waals surface area contributed by atoms with E-state index < -0.39 is 0 Å². The Morgan fingerprint density at radius 2 is 2.10 bits per heavy atom. The van der Waals surface area contributed by atoms with Crippen molar-refractivity contribution in [2.24, 2.45) is 0 Å². The minimum atomic E-state index is -0.0636. The van der Waals surface area contributed by atoms with Crippen molar-refractivity contribution in [3.8, 4) is 0 Å². The highest BCUT2D eigenvalue weighted by atomic mass is 79.9. The van der Waals surface area contributed by atoms with Gasteiger partial charge in [-0.05, 0) is 31.4 Å². The van der Waals surface area contributed by atoms with Crippen LogP contribution in [0.1, 0.15) is 40.5 Å². The number of oxazole rings is 1. The third kappa shape index (κ3) is 3.02. The van der Waals surface area contributed by atoms with Gasteiger partial charge in [0.05, 0.1) is 5.69 Å². The van der Waals surface area contributed by atoms with Crippen LogP contribution in [0.3, 0.4) is 0 Å². The van der Waals surface area contributed by atoms with Crippen LogP contribution in [-0.4, -0.2) is 21.8 Å². The van der Waals surface area contributed by atoms with Crippen LogP contribution in [0.2, 0.25) is 0 Å². The SMILES string of the molecule is Cc1nc(C)c(C(=O)N(Cc2ccccc2Br)C2CC2)o1. The van der Waals surface area contributed by atoms with Gasteiger partial charge in [0.15, 0.2) is 5.89 Å². The first-order chi connectivity index (χ1) is 10.1. The van der Waals surface area contributed by atoms with E-state index >= 15 is 0 Å². The Morgan fingerprint density at radius 1 is 1.38 bits per heavy atom. The largest absolute Gasteiger partial charge is 0.436 e. The van der Waals surface area contributed by atoms with Crippen LogP contribution in [-0.2, 0) is 6.54 Å². The summed E-state index contributed by atoms with van der Waals surface area (Å²) in [6.07, 6.45) is 2.12. The molecule has 5 heteroatoms. The van der Waals surface area contributed by atoms with E-state index in [0.717, 1.165) is 22.9 Å². The lowest BCUT2D eigenvalue weighted by atomic mass is 10.2. The zero-order chi connectivity index (χ0) is 15.0. The summed E-state index contributed by atoms with van der Waals surface area (Å²) in [6, 6.07) is 8.30. The zero-order valence-corrected chi connectivity index (χ0v) is 13.7. The minimum absolute atomic E-state index is 0.0636. The van der Waals surface area contributed by atoms with Crippen LogP contribution in [0.25, 0.3) is 0 Å². The fourth-order valence-electron chi connectivity index (χ4n) is 2.42. The third-order valence-corrected chi connectivity index (χ3v) is 4.42.